The largest absolute Gasteiger partial charge is 0.490 e. The molecular formula is C24H33N5O5. The highest BCUT2D eigenvalue weighted by Crippen LogP contribution is 2.29. The maximum absolute atomic E-state index is 13.2. The Balaban J connectivity index is 1.88. The van der Waals surface area contributed by atoms with Crippen molar-refractivity contribution in [2.24, 2.45) is 14.1 Å². The maximum Gasteiger partial charge on any atom is 0.332 e. The number of imidazole rings is 1. The molecule has 2 heterocycles. The number of nitrogens with zero attached hydrogens (tertiary/aromatic N) is 5. The Labute approximate surface area is 198 Å². The second kappa shape index (κ2) is 11.0. The maximum atomic E-state index is 13.2. The number of hydrogen-bond acceptors (Lipinski definition) is 6. The minimum atomic E-state index is -0.572. The van der Waals surface area contributed by atoms with Crippen LogP contribution in [0.3, 0.4) is 0 Å². The number of fused-ring (bicyclic) bond motifs is 1. The molecule has 0 bridgehead atoms. The molecule has 0 unspecified atom stereocenters. The van der Waals surface area contributed by atoms with Crippen LogP contribution in [-0.2, 0) is 32.0 Å². The van der Waals surface area contributed by atoms with E-state index in [2.05, 4.69) is 4.98 Å². The second-order valence-corrected chi connectivity index (χ2v) is 8.14. The van der Waals surface area contributed by atoms with Gasteiger partial charge in [-0.3, -0.25) is 14.2 Å². The minimum Gasteiger partial charge on any atom is -0.490 e. The van der Waals surface area contributed by atoms with Crippen molar-refractivity contribution in [1.29, 1.82) is 0 Å². The van der Waals surface area contributed by atoms with Crippen LogP contribution in [0.1, 0.15) is 39.2 Å². The zero-order chi connectivity index (χ0) is 24.8. The minimum absolute atomic E-state index is 0.279. The molecule has 0 radical (unpaired) electrons. The van der Waals surface area contributed by atoms with Crippen molar-refractivity contribution >= 4 is 17.1 Å². The van der Waals surface area contributed by atoms with Crippen LogP contribution in [-0.4, -0.2) is 49.3 Å². The lowest BCUT2D eigenvalue weighted by molar-refractivity contribution is -0.132. The number of benzene rings is 1. The Morgan fingerprint density at radius 2 is 1.82 bits per heavy atom. The van der Waals surface area contributed by atoms with Crippen LogP contribution < -0.4 is 20.7 Å². The van der Waals surface area contributed by atoms with E-state index >= 15 is 0 Å². The number of ether oxygens (including phenoxy) is 2. The third-order valence-corrected chi connectivity index (χ3v) is 5.48. The first-order valence-corrected chi connectivity index (χ1v) is 11.6. The lowest BCUT2D eigenvalue weighted by atomic mass is 10.1. The fourth-order valence-electron chi connectivity index (χ4n) is 3.80. The van der Waals surface area contributed by atoms with Gasteiger partial charge in [0.15, 0.2) is 22.7 Å². The molecule has 0 saturated carbocycles. The average molecular weight is 472 g/mol. The molecular weight excluding hydrogens is 438 g/mol. The first kappa shape index (κ1) is 25.1. The van der Waals surface area contributed by atoms with Crippen molar-refractivity contribution in [3.05, 3.63) is 50.9 Å². The van der Waals surface area contributed by atoms with E-state index < -0.39 is 11.2 Å². The van der Waals surface area contributed by atoms with Gasteiger partial charge in [-0.1, -0.05) is 19.9 Å². The van der Waals surface area contributed by atoms with Gasteiger partial charge in [-0.15, -0.1) is 0 Å². The number of aromatic nitrogens is 4. The third-order valence-electron chi connectivity index (χ3n) is 5.48. The molecule has 0 fully saturated rings. The van der Waals surface area contributed by atoms with Crippen LogP contribution in [0.5, 0.6) is 11.5 Å². The summed E-state index contributed by atoms with van der Waals surface area (Å²) in [6.07, 6.45) is 3.09. The summed E-state index contributed by atoms with van der Waals surface area (Å²) in [5.74, 6) is 0.983. The van der Waals surface area contributed by atoms with Crippen molar-refractivity contribution in [2.45, 2.75) is 46.7 Å². The van der Waals surface area contributed by atoms with Gasteiger partial charge in [0.1, 0.15) is 6.54 Å². The molecule has 10 nitrogen and oxygen atoms in total. The van der Waals surface area contributed by atoms with Crippen LogP contribution in [0, 0.1) is 0 Å². The van der Waals surface area contributed by atoms with Gasteiger partial charge in [-0.05, 0) is 37.5 Å². The summed E-state index contributed by atoms with van der Waals surface area (Å²) in [7, 11) is 3.22. The van der Waals surface area contributed by atoms with E-state index in [1.807, 2.05) is 39.0 Å². The topological polar surface area (TPSA) is 101 Å². The van der Waals surface area contributed by atoms with Crippen LogP contribution in [0.4, 0.5) is 0 Å². The van der Waals surface area contributed by atoms with E-state index in [1.165, 1.54) is 10.9 Å². The Kier molecular flexibility index (Phi) is 8.14. The van der Waals surface area contributed by atoms with Crippen LogP contribution in [0.15, 0.2) is 34.1 Å². The SMILES string of the molecule is CCCOc1ccc(CN(CCC)C(=O)Cn2c(=O)c3c(ncn3C)n(C)c2=O)cc1OCC. The van der Waals surface area contributed by atoms with E-state index in [-0.39, 0.29) is 18.0 Å². The highest BCUT2D eigenvalue weighted by atomic mass is 16.5. The van der Waals surface area contributed by atoms with Crippen LogP contribution in [0.2, 0.25) is 0 Å². The van der Waals surface area contributed by atoms with Crippen molar-refractivity contribution < 1.29 is 14.3 Å². The second-order valence-electron chi connectivity index (χ2n) is 8.14. The summed E-state index contributed by atoms with van der Waals surface area (Å²) in [5, 5.41) is 0. The molecule has 0 atom stereocenters. The van der Waals surface area contributed by atoms with Crippen LogP contribution >= 0.6 is 0 Å². The lowest BCUT2D eigenvalue weighted by Crippen LogP contribution is -2.44. The summed E-state index contributed by atoms with van der Waals surface area (Å²) in [6, 6.07) is 5.62. The molecule has 34 heavy (non-hydrogen) atoms. The summed E-state index contributed by atoms with van der Waals surface area (Å²) in [5.41, 5.74) is 0.342. The first-order chi connectivity index (χ1) is 16.3. The number of rotatable bonds is 11. The molecule has 1 aromatic carbocycles. The predicted octanol–water partition coefficient (Wildman–Crippen LogP) is 2.06. The van der Waals surface area contributed by atoms with Gasteiger partial charge in [-0.25, -0.2) is 14.3 Å². The summed E-state index contributed by atoms with van der Waals surface area (Å²) < 4.78 is 15.3. The molecule has 0 spiro atoms. The summed E-state index contributed by atoms with van der Waals surface area (Å²) >= 11 is 0. The fraction of sp³-hybridized carbons (Fsp3) is 0.500. The van der Waals surface area contributed by atoms with Crippen molar-refractivity contribution in [1.82, 2.24) is 23.6 Å². The quantitative estimate of drug-likeness (QED) is 0.424. The molecule has 10 heteroatoms. The average Bonchev–Trinajstić information content (AvgIpc) is 3.21. The van der Waals surface area contributed by atoms with E-state index in [9.17, 15) is 14.4 Å². The fourth-order valence-corrected chi connectivity index (χ4v) is 3.80. The molecule has 3 rings (SSSR count). The van der Waals surface area contributed by atoms with Gasteiger partial charge < -0.3 is 18.9 Å². The van der Waals surface area contributed by atoms with Crippen LogP contribution in [0.25, 0.3) is 11.2 Å². The van der Waals surface area contributed by atoms with Crippen molar-refractivity contribution in [3.8, 4) is 11.5 Å². The van der Waals surface area contributed by atoms with Gasteiger partial charge in [0.2, 0.25) is 5.91 Å². The number of aryl methyl sites for hydroxylation is 2. The zero-order valence-electron chi connectivity index (χ0n) is 20.5. The van der Waals surface area contributed by atoms with Gasteiger partial charge in [0.25, 0.3) is 5.56 Å². The van der Waals surface area contributed by atoms with E-state index in [0.717, 1.165) is 23.0 Å². The van der Waals surface area contributed by atoms with Gasteiger partial charge in [-0.2, -0.15) is 0 Å². The highest BCUT2D eigenvalue weighted by Gasteiger charge is 2.20. The Morgan fingerprint density at radius 3 is 2.50 bits per heavy atom. The number of amides is 1. The van der Waals surface area contributed by atoms with E-state index in [0.29, 0.717) is 43.4 Å². The zero-order valence-corrected chi connectivity index (χ0v) is 20.5. The highest BCUT2D eigenvalue weighted by molar-refractivity contribution is 5.77. The molecule has 3 aromatic rings. The summed E-state index contributed by atoms with van der Waals surface area (Å²) in [6.45, 7) is 7.46. The van der Waals surface area contributed by atoms with E-state index in [1.54, 1.807) is 23.6 Å². The van der Waals surface area contributed by atoms with Gasteiger partial charge in [0, 0.05) is 27.2 Å². The Hall–Kier alpha value is -3.56. The van der Waals surface area contributed by atoms with Gasteiger partial charge >= 0.3 is 5.69 Å². The first-order valence-electron chi connectivity index (χ1n) is 11.6. The number of hydrogen-bond donors (Lipinski definition) is 0. The molecule has 0 aliphatic rings. The molecule has 184 valence electrons. The number of carbonyl (C=O) groups excluding carboxylic acids is 1. The predicted molar refractivity (Wildman–Crippen MR) is 129 cm³/mol. The normalized spacial score (nSPS) is 11.1. The third kappa shape index (κ3) is 5.16. The molecule has 0 N–H and O–H groups in total. The molecule has 0 aliphatic heterocycles. The standard InChI is InChI=1S/C24H33N5O5/c1-6-11-28(14-17-9-10-18(34-12-7-2)19(13-17)33-8-3)20(30)15-29-23(31)21-22(25-16-26(21)4)27(5)24(29)32/h9-10,13,16H,6-8,11-12,14-15H2,1-5H3. The Morgan fingerprint density at radius 1 is 1.06 bits per heavy atom. The molecule has 0 saturated heterocycles. The van der Waals surface area contributed by atoms with Crippen molar-refractivity contribution in [2.75, 3.05) is 19.8 Å². The number of carbonyl (C=O) groups is 1. The monoisotopic (exact) mass is 471 g/mol. The smallest absolute Gasteiger partial charge is 0.332 e. The lowest BCUT2D eigenvalue weighted by Gasteiger charge is -2.23. The van der Waals surface area contributed by atoms with Gasteiger partial charge in [0.05, 0.1) is 19.5 Å². The molecule has 2 aromatic heterocycles. The Bertz CT molecular complexity index is 1270. The molecule has 0 aliphatic carbocycles. The van der Waals surface area contributed by atoms with E-state index in [4.69, 9.17) is 9.47 Å². The molecule has 1 amide bonds. The van der Waals surface area contributed by atoms with Crippen molar-refractivity contribution in [3.63, 3.8) is 0 Å². The summed E-state index contributed by atoms with van der Waals surface area (Å²) in [4.78, 5) is 44.8.